The van der Waals surface area contributed by atoms with Gasteiger partial charge in [-0.25, -0.2) is 0 Å². The molecule has 0 saturated carbocycles. The maximum Gasteiger partial charge on any atom is 0.230 e. The lowest BCUT2D eigenvalue weighted by Gasteiger charge is -2.29. The lowest BCUT2D eigenvalue weighted by atomic mass is 10.00. The highest BCUT2D eigenvalue weighted by molar-refractivity contribution is 7.99. The Morgan fingerprint density at radius 3 is 2.85 bits per heavy atom. The second kappa shape index (κ2) is 6.59. The van der Waals surface area contributed by atoms with Gasteiger partial charge in [-0.15, -0.1) is 11.8 Å². The number of piperidine rings is 1. The molecule has 1 amide bonds. The Labute approximate surface area is 124 Å². The molecule has 3 heterocycles. The molecule has 0 spiro atoms. The molecule has 1 aromatic heterocycles. The topological polar surface area (TPSA) is 54.0 Å². The molecular weight excluding hydrogens is 270 g/mol. The molecule has 2 aliphatic heterocycles. The van der Waals surface area contributed by atoms with Crippen LogP contribution in [0.15, 0.2) is 24.4 Å². The maximum atomic E-state index is 12.0. The summed E-state index contributed by atoms with van der Waals surface area (Å²) >= 11 is 1.63. The molecule has 3 rings (SSSR count). The monoisotopic (exact) mass is 291 g/mol. The van der Waals surface area contributed by atoms with Crippen LogP contribution in [0, 0.1) is 0 Å². The van der Waals surface area contributed by atoms with Gasteiger partial charge >= 0.3 is 0 Å². The summed E-state index contributed by atoms with van der Waals surface area (Å²) in [5.41, 5.74) is 1.03. The zero-order valence-electron chi connectivity index (χ0n) is 11.5. The van der Waals surface area contributed by atoms with Crippen LogP contribution in [0.3, 0.4) is 0 Å². The van der Waals surface area contributed by atoms with Crippen molar-refractivity contribution < 1.29 is 4.79 Å². The highest BCUT2D eigenvalue weighted by Gasteiger charge is 2.33. The van der Waals surface area contributed by atoms with Crippen LogP contribution in [0.1, 0.15) is 31.4 Å². The normalized spacial score (nSPS) is 28.3. The molecular formula is C15H21N3OS. The predicted octanol–water partition coefficient (Wildman–Crippen LogP) is 1.71. The van der Waals surface area contributed by atoms with E-state index in [1.54, 1.807) is 18.0 Å². The van der Waals surface area contributed by atoms with Crippen molar-refractivity contribution in [2.45, 2.75) is 49.6 Å². The fraction of sp³-hybridized carbons (Fsp3) is 0.600. The Balaban J connectivity index is 1.37. The van der Waals surface area contributed by atoms with Gasteiger partial charge in [0.05, 0.1) is 11.4 Å². The predicted molar refractivity (Wildman–Crippen MR) is 81.5 cm³/mol. The average Bonchev–Trinajstić information content (AvgIpc) is 2.79. The maximum absolute atomic E-state index is 12.0. The first-order chi connectivity index (χ1) is 9.79. The van der Waals surface area contributed by atoms with Gasteiger partial charge in [-0.2, -0.15) is 0 Å². The lowest BCUT2D eigenvalue weighted by Crippen LogP contribution is -2.48. The number of hydrogen-bond acceptors (Lipinski definition) is 4. The van der Waals surface area contributed by atoms with Gasteiger partial charge in [0, 0.05) is 30.1 Å². The van der Waals surface area contributed by atoms with E-state index < -0.39 is 0 Å². The molecule has 0 aliphatic carbocycles. The Morgan fingerprint density at radius 2 is 2.15 bits per heavy atom. The van der Waals surface area contributed by atoms with Crippen molar-refractivity contribution in [2.24, 2.45) is 0 Å². The molecule has 1 aromatic rings. The minimum absolute atomic E-state index is 0.164. The zero-order chi connectivity index (χ0) is 13.8. The van der Waals surface area contributed by atoms with Crippen molar-refractivity contribution in [1.82, 2.24) is 15.6 Å². The van der Waals surface area contributed by atoms with E-state index in [2.05, 4.69) is 15.6 Å². The smallest absolute Gasteiger partial charge is 0.230 e. The van der Waals surface area contributed by atoms with Crippen LogP contribution in [0.4, 0.5) is 0 Å². The van der Waals surface area contributed by atoms with Crippen molar-refractivity contribution in [3.8, 4) is 0 Å². The second-order valence-corrected chi connectivity index (χ2v) is 6.67. The fourth-order valence-corrected chi connectivity index (χ4v) is 3.93. The first kappa shape index (κ1) is 13.9. The molecule has 2 bridgehead atoms. The number of nitrogens with zero attached hydrogens (tertiary/aromatic N) is 1. The van der Waals surface area contributed by atoms with Gasteiger partial charge in [0.15, 0.2) is 0 Å². The lowest BCUT2D eigenvalue weighted by molar-refractivity contribution is -0.119. The molecule has 2 atom stereocenters. The molecule has 4 nitrogen and oxygen atoms in total. The van der Waals surface area contributed by atoms with E-state index in [9.17, 15) is 4.79 Å². The van der Waals surface area contributed by atoms with E-state index in [1.807, 2.05) is 18.2 Å². The standard InChI is InChI=1S/C15H21N3OS/c19-15(10-20-9-13-3-1-2-6-16-13)18-14-7-11-4-5-12(8-14)17-11/h1-3,6,11-12,14,17H,4-5,7-10H2,(H,18,19). The van der Waals surface area contributed by atoms with Crippen molar-refractivity contribution in [2.75, 3.05) is 5.75 Å². The van der Waals surface area contributed by atoms with Crippen molar-refractivity contribution >= 4 is 17.7 Å². The van der Waals surface area contributed by atoms with Crippen molar-refractivity contribution in [1.29, 1.82) is 0 Å². The second-order valence-electron chi connectivity index (χ2n) is 5.69. The molecule has 2 aliphatic rings. The summed E-state index contributed by atoms with van der Waals surface area (Å²) in [5.74, 6) is 1.49. The number of carbonyl (C=O) groups excluding carboxylic acids is 1. The Kier molecular flexibility index (Phi) is 4.58. The van der Waals surface area contributed by atoms with Gasteiger partial charge in [-0.05, 0) is 37.8 Å². The van der Waals surface area contributed by atoms with Gasteiger partial charge in [0.25, 0.3) is 0 Å². The minimum Gasteiger partial charge on any atom is -0.353 e. The van der Waals surface area contributed by atoms with E-state index in [-0.39, 0.29) is 5.91 Å². The summed E-state index contributed by atoms with van der Waals surface area (Å²) in [6.45, 7) is 0. The third-order valence-electron chi connectivity index (χ3n) is 4.05. The average molecular weight is 291 g/mol. The quantitative estimate of drug-likeness (QED) is 0.867. The number of nitrogens with one attached hydrogen (secondary N) is 2. The number of pyridine rings is 1. The van der Waals surface area contributed by atoms with E-state index >= 15 is 0 Å². The Morgan fingerprint density at radius 1 is 1.35 bits per heavy atom. The van der Waals surface area contributed by atoms with Crippen LogP contribution in [0.25, 0.3) is 0 Å². The van der Waals surface area contributed by atoms with Crippen molar-refractivity contribution in [3.05, 3.63) is 30.1 Å². The number of aromatic nitrogens is 1. The molecule has 20 heavy (non-hydrogen) atoms. The summed E-state index contributed by atoms with van der Waals surface area (Å²) in [6.07, 6.45) is 6.51. The number of amides is 1. The first-order valence-corrected chi connectivity index (χ1v) is 8.48. The largest absolute Gasteiger partial charge is 0.353 e. The highest BCUT2D eigenvalue weighted by Crippen LogP contribution is 2.26. The highest BCUT2D eigenvalue weighted by atomic mass is 32.2. The SMILES string of the molecule is O=C(CSCc1ccccn1)NC1CC2CCC(C1)N2. The number of fused-ring (bicyclic) bond motifs is 2. The number of thioether (sulfide) groups is 1. The summed E-state index contributed by atoms with van der Waals surface area (Å²) in [7, 11) is 0. The van der Waals surface area contributed by atoms with Gasteiger partial charge < -0.3 is 10.6 Å². The molecule has 2 fully saturated rings. The van der Waals surface area contributed by atoms with Gasteiger partial charge in [0.2, 0.25) is 5.91 Å². The Bertz CT molecular complexity index is 442. The zero-order valence-corrected chi connectivity index (χ0v) is 12.4. The van der Waals surface area contributed by atoms with Crippen LogP contribution in [0.2, 0.25) is 0 Å². The van der Waals surface area contributed by atoms with Crippen LogP contribution in [-0.2, 0) is 10.5 Å². The van der Waals surface area contributed by atoms with E-state index in [4.69, 9.17) is 0 Å². The first-order valence-electron chi connectivity index (χ1n) is 7.32. The molecule has 2 saturated heterocycles. The summed E-state index contributed by atoms with van der Waals surface area (Å²) in [5, 5.41) is 6.78. The Hall–Kier alpha value is -1.07. The molecule has 0 radical (unpaired) electrons. The van der Waals surface area contributed by atoms with Crippen LogP contribution < -0.4 is 10.6 Å². The van der Waals surface area contributed by atoms with E-state index in [0.29, 0.717) is 23.9 Å². The molecule has 2 unspecified atom stereocenters. The number of hydrogen-bond donors (Lipinski definition) is 2. The molecule has 5 heteroatoms. The van der Waals surface area contributed by atoms with Gasteiger partial charge in [0.1, 0.15) is 0 Å². The van der Waals surface area contributed by atoms with Crippen molar-refractivity contribution in [3.63, 3.8) is 0 Å². The minimum atomic E-state index is 0.164. The molecule has 108 valence electrons. The molecule has 0 aromatic carbocycles. The number of rotatable bonds is 5. The third-order valence-corrected chi connectivity index (χ3v) is 5.01. The van der Waals surface area contributed by atoms with E-state index in [1.165, 1.54) is 12.8 Å². The summed E-state index contributed by atoms with van der Waals surface area (Å²) < 4.78 is 0. The van der Waals surface area contributed by atoms with Gasteiger partial charge in [-0.3, -0.25) is 9.78 Å². The third kappa shape index (κ3) is 3.73. The molecule has 2 N–H and O–H groups in total. The summed E-state index contributed by atoms with van der Waals surface area (Å²) in [4.78, 5) is 16.2. The number of carbonyl (C=O) groups is 1. The van der Waals surface area contributed by atoms with Crippen LogP contribution >= 0.6 is 11.8 Å². The van der Waals surface area contributed by atoms with E-state index in [0.717, 1.165) is 24.3 Å². The fourth-order valence-electron chi connectivity index (χ4n) is 3.18. The summed E-state index contributed by atoms with van der Waals surface area (Å²) in [6, 6.07) is 7.51. The van der Waals surface area contributed by atoms with Gasteiger partial charge in [-0.1, -0.05) is 6.07 Å². The van der Waals surface area contributed by atoms with Crippen LogP contribution in [-0.4, -0.2) is 34.8 Å². The van der Waals surface area contributed by atoms with Crippen LogP contribution in [0.5, 0.6) is 0 Å².